The smallest absolute Gasteiger partial charge is 0.131 e. The first-order chi connectivity index (χ1) is 7.19. The van der Waals surface area contributed by atoms with Gasteiger partial charge in [-0.15, -0.1) is 0 Å². The number of hydrogen-bond acceptors (Lipinski definition) is 1. The average Bonchev–Trinajstić information content (AvgIpc) is 2.27. The van der Waals surface area contributed by atoms with Crippen molar-refractivity contribution in [2.75, 3.05) is 0 Å². The molecule has 76 valence electrons. The Balaban J connectivity index is 3.69. The minimum atomic E-state index is 0.173. The van der Waals surface area contributed by atoms with Gasteiger partial charge in [-0.1, -0.05) is 50.6 Å². The Hall–Kier alpha value is -2.02. The van der Waals surface area contributed by atoms with Crippen LogP contribution in [0.3, 0.4) is 0 Å². The summed E-state index contributed by atoms with van der Waals surface area (Å²) in [5, 5.41) is 9.97. The van der Waals surface area contributed by atoms with Crippen LogP contribution in [0, 0.1) is 0 Å². The number of phenols is 1. The molecule has 0 unspecified atom stereocenters. The van der Waals surface area contributed by atoms with Gasteiger partial charge in [0.15, 0.2) is 0 Å². The van der Waals surface area contributed by atoms with Gasteiger partial charge in [-0.2, -0.15) is 0 Å². The Labute approximate surface area is 90.4 Å². The van der Waals surface area contributed by atoms with Crippen LogP contribution in [0.1, 0.15) is 22.3 Å². The zero-order valence-electron chi connectivity index (χ0n) is 8.66. The Morgan fingerprint density at radius 1 is 0.800 bits per heavy atom. The number of hydrogen-bond donors (Lipinski definition) is 1. The van der Waals surface area contributed by atoms with Gasteiger partial charge in [-0.3, -0.25) is 0 Å². The molecule has 0 spiro atoms. The first-order valence-electron chi connectivity index (χ1n) is 4.59. The average molecular weight is 198 g/mol. The van der Waals surface area contributed by atoms with Gasteiger partial charge < -0.3 is 5.11 Å². The van der Waals surface area contributed by atoms with Gasteiger partial charge in [-0.25, -0.2) is 0 Å². The highest BCUT2D eigenvalue weighted by Gasteiger charge is 2.10. The molecule has 0 saturated heterocycles. The van der Waals surface area contributed by atoms with E-state index < -0.39 is 0 Å². The Kier molecular flexibility index (Phi) is 3.29. The molecule has 0 fully saturated rings. The summed E-state index contributed by atoms with van der Waals surface area (Å²) in [6.45, 7) is 14.7. The van der Waals surface area contributed by atoms with Crippen LogP contribution in [-0.2, 0) is 0 Å². The zero-order valence-corrected chi connectivity index (χ0v) is 8.66. The third kappa shape index (κ3) is 1.77. The lowest BCUT2D eigenvalue weighted by atomic mass is 9.96. The third-order valence-electron chi connectivity index (χ3n) is 2.29. The number of rotatable bonds is 4. The molecule has 1 heteroatoms. The van der Waals surface area contributed by atoms with Gasteiger partial charge in [0.1, 0.15) is 5.75 Å². The molecule has 1 aromatic carbocycles. The van der Waals surface area contributed by atoms with Crippen molar-refractivity contribution < 1.29 is 5.11 Å². The Morgan fingerprint density at radius 3 is 1.47 bits per heavy atom. The van der Waals surface area contributed by atoms with Crippen molar-refractivity contribution in [1.29, 1.82) is 0 Å². The van der Waals surface area contributed by atoms with Gasteiger partial charge >= 0.3 is 0 Å². The van der Waals surface area contributed by atoms with Crippen molar-refractivity contribution in [3.05, 3.63) is 54.6 Å². The fraction of sp³-hybridized carbons (Fsp3) is 0. The zero-order chi connectivity index (χ0) is 11.4. The summed E-state index contributed by atoms with van der Waals surface area (Å²) in [4.78, 5) is 0. The van der Waals surface area contributed by atoms with E-state index in [0.29, 0.717) is 11.1 Å². The van der Waals surface area contributed by atoms with Crippen LogP contribution < -0.4 is 0 Å². The molecular weight excluding hydrogens is 184 g/mol. The second kappa shape index (κ2) is 4.47. The van der Waals surface area contributed by atoms with E-state index in [9.17, 15) is 5.11 Å². The van der Waals surface area contributed by atoms with Crippen LogP contribution in [0.5, 0.6) is 5.75 Å². The lowest BCUT2D eigenvalue weighted by Crippen LogP contribution is -1.89. The van der Waals surface area contributed by atoms with E-state index >= 15 is 0 Å². The summed E-state index contributed by atoms with van der Waals surface area (Å²) in [5.74, 6) is 0.173. The van der Waals surface area contributed by atoms with Crippen LogP contribution in [0.15, 0.2) is 32.4 Å². The normalized spacial score (nSPS) is 9.33. The van der Waals surface area contributed by atoms with Gasteiger partial charge in [0.05, 0.1) is 0 Å². The van der Waals surface area contributed by atoms with E-state index in [1.807, 2.05) is 6.07 Å². The molecule has 0 amide bonds. The Morgan fingerprint density at radius 2 is 1.20 bits per heavy atom. The summed E-state index contributed by atoms with van der Waals surface area (Å²) in [7, 11) is 0. The fourth-order valence-electron chi connectivity index (χ4n) is 1.51. The largest absolute Gasteiger partial charge is 0.507 e. The summed E-state index contributed by atoms with van der Waals surface area (Å²) in [6.07, 6.45) is 6.56. The van der Waals surface area contributed by atoms with Gasteiger partial charge in [-0.05, 0) is 17.2 Å². The molecule has 0 aliphatic rings. The number of aromatic hydroxyl groups is 1. The van der Waals surface area contributed by atoms with Gasteiger partial charge in [0.25, 0.3) is 0 Å². The molecule has 0 aliphatic heterocycles. The lowest BCUT2D eigenvalue weighted by Gasteiger charge is -2.11. The summed E-state index contributed by atoms with van der Waals surface area (Å²) in [5.41, 5.74) is 3.02. The minimum Gasteiger partial charge on any atom is -0.507 e. The predicted octanol–water partition coefficient (Wildman–Crippen LogP) is 3.96. The first kappa shape index (κ1) is 11.1. The highest BCUT2D eigenvalue weighted by Crippen LogP contribution is 2.32. The van der Waals surface area contributed by atoms with E-state index in [1.165, 1.54) is 0 Å². The van der Waals surface area contributed by atoms with Crippen molar-refractivity contribution in [2.45, 2.75) is 0 Å². The standard InChI is InChI=1S/C14H14O/c1-5-10-9-11(6-2)13(8-4)14(15)12(10)7-3/h5-9,15H,1-4H2. The molecule has 0 aromatic heterocycles. The molecule has 15 heavy (non-hydrogen) atoms. The lowest BCUT2D eigenvalue weighted by molar-refractivity contribution is 0.472. The van der Waals surface area contributed by atoms with Crippen molar-refractivity contribution >= 4 is 24.3 Å². The third-order valence-corrected chi connectivity index (χ3v) is 2.29. The maximum Gasteiger partial charge on any atom is 0.131 e. The molecule has 1 nitrogen and oxygen atoms in total. The van der Waals surface area contributed by atoms with E-state index in [2.05, 4.69) is 26.3 Å². The van der Waals surface area contributed by atoms with E-state index in [1.54, 1.807) is 24.3 Å². The molecular formula is C14H14O. The predicted molar refractivity (Wildman–Crippen MR) is 68.5 cm³/mol. The van der Waals surface area contributed by atoms with Gasteiger partial charge in [0, 0.05) is 11.1 Å². The quantitative estimate of drug-likeness (QED) is 0.776. The van der Waals surface area contributed by atoms with Gasteiger partial charge in [0.2, 0.25) is 0 Å². The highest BCUT2D eigenvalue weighted by atomic mass is 16.3. The Bertz CT molecular complexity index is 401. The second-order valence-corrected chi connectivity index (χ2v) is 3.05. The summed E-state index contributed by atoms with van der Waals surface area (Å²) < 4.78 is 0. The SMILES string of the molecule is C=Cc1cc(C=C)c(C=C)c(O)c1C=C. The molecule has 1 aromatic rings. The van der Waals surface area contributed by atoms with Crippen LogP contribution >= 0.6 is 0 Å². The maximum atomic E-state index is 9.97. The fourth-order valence-corrected chi connectivity index (χ4v) is 1.51. The minimum absolute atomic E-state index is 0.173. The maximum absolute atomic E-state index is 9.97. The first-order valence-corrected chi connectivity index (χ1v) is 4.59. The second-order valence-electron chi connectivity index (χ2n) is 3.05. The van der Waals surface area contributed by atoms with Crippen LogP contribution in [-0.4, -0.2) is 5.11 Å². The van der Waals surface area contributed by atoms with Crippen molar-refractivity contribution in [2.24, 2.45) is 0 Å². The molecule has 0 heterocycles. The summed E-state index contributed by atoms with van der Waals surface area (Å²) >= 11 is 0. The number of benzene rings is 1. The molecule has 0 aliphatic carbocycles. The van der Waals surface area contributed by atoms with Crippen LogP contribution in [0.4, 0.5) is 0 Å². The monoisotopic (exact) mass is 198 g/mol. The highest BCUT2D eigenvalue weighted by molar-refractivity contribution is 5.79. The molecule has 0 atom stereocenters. The van der Waals surface area contributed by atoms with Crippen LogP contribution in [0.25, 0.3) is 24.3 Å². The van der Waals surface area contributed by atoms with E-state index in [0.717, 1.165) is 11.1 Å². The number of phenolic OH excluding ortho intramolecular Hbond substituents is 1. The molecule has 1 N–H and O–H groups in total. The van der Waals surface area contributed by atoms with Crippen LogP contribution in [0.2, 0.25) is 0 Å². The topological polar surface area (TPSA) is 20.2 Å². The molecule has 1 rings (SSSR count). The molecule has 0 saturated carbocycles. The van der Waals surface area contributed by atoms with Crippen molar-refractivity contribution in [1.82, 2.24) is 0 Å². The summed E-state index contributed by atoms with van der Waals surface area (Å²) in [6, 6.07) is 1.90. The van der Waals surface area contributed by atoms with Crippen molar-refractivity contribution in [3.8, 4) is 5.75 Å². The van der Waals surface area contributed by atoms with E-state index in [-0.39, 0.29) is 5.75 Å². The molecule has 0 bridgehead atoms. The van der Waals surface area contributed by atoms with Crippen molar-refractivity contribution in [3.63, 3.8) is 0 Å². The van der Waals surface area contributed by atoms with E-state index in [4.69, 9.17) is 0 Å². The molecule has 0 radical (unpaired) electrons.